The number of rotatable bonds is 3. The number of nitrogens with zero attached hydrogens (tertiary/aromatic N) is 2. The third-order valence-corrected chi connectivity index (χ3v) is 1.86. The summed E-state index contributed by atoms with van der Waals surface area (Å²) in [7, 11) is 0. The number of ketones is 1. The molecule has 0 bridgehead atoms. The van der Waals surface area contributed by atoms with Crippen LogP contribution < -0.4 is 0 Å². The van der Waals surface area contributed by atoms with E-state index in [-0.39, 0.29) is 11.5 Å². The van der Waals surface area contributed by atoms with Crippen molar-refractivity contribution in [3.8, 4) is 0 Å². The molecule has 1 rings (SSSR count). The van der Waals surface area contributed by atoms with Gasteiger partial charge in [-0.2, -0.15) is 0 Å². The lowest BCUT2D eigenvalue weighted by Crippen LogP contribution is -1.96. The zero-order valence-electron chi connectivity index (χ0n) is 9.24. The van der Waals surface area contributed by atoms with E-state index in [2.05, 4.69) is 10.2 Å². The summed E-state index contributed by atoms with van der Waals surface area (Å²) >= 11 is 0. The summed E-state index contributed by atoms with van der Waals surface area (Å²) < 4.78 is 26.3. The fourth-order valence-corrected chi connectivity index (χ4v) is 1.08. The molecule has 0 amide bonds. The Morgan fingerprint density at radius 2 is 1.76 bits per heavy atom. The smallest absolute Gasteiger partial charge is 0.183 e. The standard InChI is InChI=1S/C11H10F2N2O2/c1-6(16)10(7(2)17)14-15-11-8(12)4-3-5-9(11)13/h3-5,16H,1-2H3/b10-6-,15-14?. The molecule has 6 heteroatoms. The summed E-state index contributed by atoms with van der Waals surface area (Å²) in [5.74, 6) is -2.71. The predicted octanol–water partition coefficient (Wildman–Crippen LogP) is 3.43. The normalized spacial score (nSPS) is 12.7. The maximum Gasteiger partial charge on any atom is 0.183 e. The average molecular weight is 240 g/mol. The lowest BCUT2D eigenvalue weighted by atomic mass is 10.3. The fraction of sp³-hybridized carbons (Fsp3) is 0.182. The molecule has 0 unspecified atom stereocenters. The van der Waals surface area contributed by atoms with Gasteiger partial charge in [-0.05, 0) is 19.1 Å². The van der Waals surface area contributed by atoms with E-state index in [0.29, 0.717) is 0 Å². The number of aliphatic hydroxyl groups excluding tert-OH is 1. The Morgan fingerprint density at radius 1 is 1.24 bits per heavy atom. The van der Waals surface area contributed by atoms with E-state index in [1.54, 1.807) is 0 Å². The number of benzene rings is 1. The van der Waals surface area contributed by atoms with Crippen LogP contribution in [0.25, 0.3) is 0 Å². The molecule has 0 fully saturated rings. The van der Waals surface area contributed by atoms with E-state index in [1.165, 1.54) is 13.0 Å². The third kappa shape index (κ3) is 3.17. The van der Waals surface area contributed by atoms with Gasteiger partial charge in [0.05, 0.1) is 0 Å². The number of Topliss-reactive ketones (excluding diaryl/α,β-unsaturated/α-hetero) is 1. The van der Waals surface area contributed by atoms with Gasteiger partial charge in [-0.15, -0.1) is 10.2 Å². The number of aliphatic hydroxyl groups is 1. The van der Waals surface area contributed by atoms with E-state index < -0.39 is 23.1 Å². The summed E-state index contributed by atoms with van der Waals surface area (Å²) in [5, 5.41) is 15.7. The van der Waals surface area contributed by atoms with Gasteiger partial charge in [-0.25, -0.2) is 8.78 Å². The van der Waals surface area contributed by atoms with Gasteiger partial charge in [0, 0.05) is 6.92 Å². The number of azo groups is 1. The van der Waals surface area contributed by atoms with Gasteiger partial charge in [0.1, 0.15) is 5.76 Å². The molecule has 0 saturated carbocycles. The van der Waals surface area contributed by atoms with Gasteiger partial charge in [0.15, 0.2) is 28.8 Å². The molecular formula is C11H10F2N2O2. The highest BCUT2D eigenvalue weighted by Crippen LogP contribution is 2.23. The number of allylic oxidation sites excluding steroid dienone is 2. The van der Waals surface area contributed by atoms with Crippen molar-refractivity contribution in [1.29, 1.82) is 0 Å². The van der Waals surface area contributed by atoms with E-state index >= 15 is 0 Å². The molecule has 1 N–H and O–H groups in total. The second-order valence-electron chi connectivity index (χ2n) is 3.26. The van der Waals surface area contributed by atoms with E-state index in [4.69, 9.17) is 5.11 Å². The third-order valence-electron chi connectivity index (χ3n) is 1.86. The molecule has 0 saturated heterocycles. The first-order valence-corrected chi connectivity index (χ1v) is 4.70. The molecule has 0 heterocycles. The van der Waals surface area contributed by atoms with Crippen molar-refractivity contribution in [1.82, 2.24) is 0 Å². The quantitative estimate of drug-likeness (QED) is 0.499. The molecule has 1 aromatic carbocycles. The number of halogens is 2. The molecule has 0 radical (unpaired) electrons. The Hall–Kier alpha value is -2.11. The predicted molar refractivity (Wildman–Crippen MR) is 56.9 cm³/mol. The van der Waals surface area contributed by atoms with Gasteiger partial charge in [0.25, 0.3) is 0 Å². The van der Waals surface area contributed by atoms with Crippen LogP contribution in [0.4, 0.5) is 14.5 Å². The van der Waals surface area contributed by atoms with E-state index in [0.717, 1.165) is 19.1 Å². The van der Waals surface area contributed by atoms with Crippen LogP contribution in [0, 0.1) is 11.6 Å². The topological polar surface area (TPSA) is 62.0 Å². The Balaban J connectivity index is 3.14. The molecule has 0 aliphatic heterocycles. The molecule has 4 nitrogen and oxygen atoms in total. The number of hydrogen-bond acceptors (Lipinski definition) is 4. The van der Waals surface area contributed by atoms with Crippen LogP contribution in [0.15, 0.2) is 39.9 Å². The maximum absolute atomic E-state index is 13.1. The Kier molecular flexibility index (Phi) is 4.03. The summed E-state index contributed by atoms with van der Waals surface area (Å²) in [6.45, 7) is 2.39. The summed E-state index contributed by atoms with van der Waals surface area (Å²) in [4.78, 5) is 11.0. The van der Waals surface area contributed by atoms with Gasteiger partial charge in [0.2, 0.25) is 0 Å². The molecule has 0 spiro atoms. The molecule has 90 valence electrons. The second kappa shape index (κ2) is 5.29. The number of hydrogen-bond donors (Lipinski definition) is 1. The van der Waals surface area contributed by atoms with Crippen molar-refractivity contribution in [2.24, 2.45) is 10.2 Å². The first kappa shape index (κ1) is 13.0. The minimum Gasteiger partial charge on any atom is -0.510 e. The minimum atomic E-state index is -0.896. The molecule has 0 aliphatic rings. The Morgan fingerprint density at radius 3 is 2.18 bits per heavy atom. The van der Waals surface area contributed by atoms with Crippen LogP contribution in [0.2, 0.25) is 0 Å². The average Bonchev–Trinajstić information content (AvgIpc) is 2.21. The molecule has 1 aromatic rings. The minimum absolute atomic E-state index is 0.340. The fourth-order valence-electron chi connectivity index (χ4n) is 1.08. The first-order valence-electron chi connectivity index (χ1n) is 4.70. The van der Waals surface area contributed by atoms with Crippen LogP contribution in [-0.4, -0.2) is 10.9 Å². The lowest BCUT2D eigenvalue weighted by molar-refractivity contribution is -0.113. The van der Waals surface area contributed by atoms with E-state index in [1.807, 2.05) is 0 Å². The van der Waals surface area contributed by atoms with Gasteiger partial charge >= 0.3 is 0 Å². The van der Waals surface area contributed by atoms with Gasteiger partial charge < -0.3 is 5.11 Å². The largest absolute Gasteiger partial charge is 0.510 e. The van der Waals surface area contributed by atoms with Crippen molar-refractivity contribution in [3.63, 3.8) is 0 Å². The zero-order valence-corrected chi connectivity index (χ0v) is 9.24. The van der Waals surface area contributed by atoms with Crippen LogP contribution in [0.1, 0.15) is 13.8 Å². The maximum atomic E-state index is 13.1. The van der Waals surface area contributed by atoms with Crippen molar-refractivity contribution in [2.75, 3.05) is 0 Å². The highest BCUT2D eigenvalue weighted by molar-refractivity contribution is 5.93. The molecule has 0 aromatic heterocycles. The zero-order chi connectivity index (χ0) is 13.0. The second-order valence-corrected chi connectivity index (χ2v) is 3.26. The number of carbonyl (C=O) groups excluding carboxylic acids is 1. The highest BCUT2D eigenvalue weighted by atomic mass is 19.1. The SMILES string of the molecule is CC(=O)/C(N=Nc1c(F)cccc1F)=C(\C)O. The summed E-state index contributed by atoms with van der Waals surface area (Å²) in [6.07, 6.45) is 0. The molecular weight excluding hydrogens is 230 g/mol. The van der Waals surface area contributed by atoms with Crippen molar-refractivity contribution >= 4 is 11.5 Å². The number of carbonyl (C=O) groups is 1. The van der Waals surface area contributed by atoms with Gasteiger partial charge in [-0.1, -0.05) is 6.07 Å². The van der Waals surface area contributed by atoms with Crippen LogP contribution in [0.3, 0.4) is 0 Å². The molecule has 0 aliphatic carbocycles. The van der Waals surface area contributed by atoms with Crippen molar-refractivity contribution < 1.29 is 18.7 Å². The Bertz CT molecular complexity index is 486. The summed E-state index contributed by atoms with van der Waals surface area (Å²) in [6, 6.07) is 3.21. The Labute approximate surface area is 96.3 Å². The lowest BCUT2D eigenvalue weighted by Gasteiger charge is -1.99. The van der Waals surface area contributed by atoms with Crippen molar-refractivity contribution in [2.45, 2.75) is 13.8 Å². The molecule has 17 heavy (non-hydrogen) atoms. The van der Waals surface area contributed by atoms with Crippen LogP contribution in [0.5, 0.6) is 0 Å². The van der Waals surface area contributed by atoms with Crippen molar-refractivity contribution in [3.05, 3.63) is 41.3 Å². The molecule has 0 atom stereocenters. The van der Waals surface area contributed by atoms with Gasteiger partial charge in [-0.3, -0.25) is 4.79 Å². The summed E-state index contributed by atoms with van der Waals surface area (Å²) in [5.41, 5.74) is -0.944. The highest BCUT2D eigenvalue weighted by Gasteiger charge is 2.10. The first-order chi connectivity index (χ1) is 7.93. The van der Waals surface area contributed by atoms with Crippen LogP contribution >= 0.6 is 0 Å². The monoisotopic (exact) mass is 240 g/mol. The van der Waals surface area contributed by atoms with Crippen LogP contribution in [-0.2, 0) is 4.79 Å². The van der Waals surface area contributed by atoms with E-state index in [9.17, 15) is 13.6 Å².